The van der Waals surface area contributed by atoms with Crippen molar-refractivity contribution in [3.63, 3.8) is 0 Å². The summed E-state index contributed by atoms with van der Waals surface area (Å²) in [7, 11) is -1.41. The average Bonchev–Trinajstić information content (AvgIpc) is 2.16. The Morgan fingerprint density at radius 2 is 1.94 bits per heavy atom. The van der Waals surface area contributed by atoms with E-state index in [9.17, 15) is 13.2 Å². The minimum absolute atomic E-state index is 0.0337. The summed E-state index contributed by atoms with van der Waals surface area (Å²) in [6.45, 7) is 1.57. The molecule has 1 rings (SSSR count). The molecule has 0 aromatic rings. The number of carbonyl (C=O) groups excluding carboxylic acids is 1. The number of amides is 1. The van der Waals surface area contributed by atoms with Crippen LogP contribution in [0.2, 0.25) is 0 Å². The summed E-state index contributed by atoms with van der Waals surface area (Å²) in [6.07, 6.45) is 2.52. The van der Waals surface area contributed by atoms with Crippen molar-refractivity contribution in [2.45, 2.75) is 18.9 Å². The van der Waals surface area contributed by atoms with Gasteiger partial charge in [0.15, 0.2) is 0 Å². The maximum atomic E-state index is 11.5. The van der Waals surface area contributed by atoms with Crippen LogP contribution in [0.25, 0.3) is 0 Å². The fourth-order valence-corrected chi connectivity index (χ4v) is 2.65. The lowest BCUT2D eigenvalue weighted by atomic mass is 10.1. The molecule has 0 spiro atoms. The van der Waals surface area contributed by atoms with Gasteiger partial charge >= 0.3 is 0 Å². The minimum atomic E-state index is -3.14. The van der Waals surface area contributed by atoms with Gasteiger partial charge in [-0.3, -0.25) is 4.79 Å². The molecule has 0 aromatic carbocycles. The zero-order chi connectivity index (χ0) is 12.2. The fourth-order valence-electron chi connectivity index (χ4n) is 1.81. The van der Waals surface area contributed by atoms with Crippen LogP contribution in [0.4, 0.5) is 0 Å². The van der Waals surface area contributed by atoms with Gasteiger partial charge in [0.2, 0.25) is 15.9 Å². The van der Waals surface area contributed by atoms with Crippen molar-refractivity contribution < 1.29 is 13.2 Å². The molecule has 1 aliphatic rings. The molecule has 1 aliphatic heterocycles. The molecule has 1 heterocycles. The van der Waals surface area contributed by atoms with Gasteiger partial charge in [0, 0.05) is 19.1 Å². The number of likely N-dealkylation sites (N-methyl/N-ethyl adjacent to an activating group) is 1. The molecule has 0 atom stereocenters. The summed E-state index contributed by atoms with van der Waals surface area (Å²) < 4.78 is 24.6. The SMILES string of the molecule is CNCC(=O)N1CCC(NS(C)(=O)=O)CC1. The first-order valence-electron chi connectivity index (χ1n) is 5.32. The topological polar surface area (TPSA) is 78.5 Å². The number of carbonyl (C=O) groups is 1. The van der Waals surface area contributed by atoms with Crippen LogP contribution in [0.1, 0.15) is 12.8 Å². The third kappa shape index (κ3) is 4.46. The maximum Gasteiger partial charge on any atom is 0.236 e. The normalized spacial score (nSPS) is 18.8. The Kier molecular flexibility index (Phi) is 4.69. The zero-order valence-electron chi connectivity index (χ0n) is 9.69. The van der Waals surface area contributed by atoms with E-state index < -0.39 is 10.0 Å². The van der Waals surface area contributed by atoms with E-state index in [-0.39, 0.29) is 11.9 Å². The molecule has 0 aromatic heterocycles. The molecule has 7 heteroatoms. The number of hydrogen-bond donors (Lipinski definition) is 2. The largest absolute Gasteiger partial charge is 0.341 e. The van der Waals surface area contributed by atoms with Crippen molar-refractivity contribution in [3.8, 4) is 0 Å². The molecule has 16 heavy (non-hydrogen) atoms. The van der Waals surface area contributed by atoms with E-state index >= 15 is 0 Å². The van der Waals surface area contributed by atoms with Crippen molar-refractivity contribution in [2.75, 3.05) is 32.9 Å². The Hall–Kier alpha value is -0.660. The lowest BCUT2D eigenvalue weighted by Gasteiger charge is -2.32. The second-order valence-corrected chi connectivity index (χ2v) is 5.86. The number of piperidine rings is 1. The third-order valence-electron chi connectivity index (χ3n) is 2.56. The summed E-state index contributed by atoms with van der Waals surface area (Å²) >= 11 is 0. The molecule has 0 aliphatic carbocycles. The predicted octanol–water partition coefficient (Wildman–Crippen LogP) is -1.25. The highest BCUT2D eigenvalue weighted by molar-refractivity contribution is 7.88. The van der Waals surface area contributed by atoms with Crippen LogP contribution in [-0.4, -0.2) is 58.2 Å². The summed E-state index contributed by atoms with van der Waals surface area (Å²) in [5.74, 6) is 0.0697. The molecule has 94 valence electrons. The molecule has 2 N–H and O–H groups in total. The van der Waals surface area contributed by atoms with E-state index in [1.165, 1.54) is 0 Å². The molecule has 1 saturated heterocycles. The predicted molar refractivity (Wildman–Crippen MR) is 61.5 cm³/mol. The first kappa shape index (κ1) is 13.4. The van der Waals surface area contributed by atoms with Crippen molar-refractivity contribution in [3.05, 3.63) is 0 Å². The highest BCUT2D eigenvalue weighted by Gasteiger charge is 2.23. The Morgan fingerprint density at radius 3 is 2.38 bits per heavy atom. The molecule has 0 saturated carbocycles. The molecule has 1 amide bonds. The van der Waals surface area contributed by atoms with Gasteiger partial charge in [-0.05, 0) is 19.9 Å². The lowest BCUT2D eigenvalue weighted by molar-refractivity contribution is -0.131. The molecule has 0 unspecified atom stereocenters. The first-order valence-corrected chi connectivity index (χ1v) is 7.21. The van der Waals surface area contributed by atoms with Crippen LogP contribution in [0, 0.1) is 0 Å². The number of hydrogen-bond acceptors (Lipinski definition) is 4. The van der Waals surface area contributed by atoms with Crippen molar-refractivity contribution in [2.24, 2.45) is 0 Å². The van der Waals surface area contributed by atoms with Gasteiger partial charge in [0.05, 0.1) is 12.8 Å². The molecular weight excluding hydrogens is 230 g/mol. The van der Waals surface area contributed by atoms with E-state index in [2.05, 4.69) is 10.0 Å². The Bertz CT molecular complexity index is 334. The van der Waals surface area contributed by atoms with Gasteiger partial charge in [0.25, 0.3) is 0 Å². The lowest BCUT2D eigenvalue weighted by Crippen LogP contribution is -2.48. The van der Waals surface area contributed by atoms with E-state index in [1.54, 1.807) is 11.9 Å². The second-order valence-electron chi connectivity index (χ2n) is 4.08. The van der Waals surface area contributed by atoms with E-state index in [1.807, 2.05) is 0 Å². The highest BCUT2D eigenvalue weighted by Crippen LogP contribution is 2.10. The van der Waals surface area contributed by atoms with Gasteiger partial charge in [-0.15, -0.1) is 0 Å². The van der Waals surface area contributed by atoms with Crippen LogP contribution in [0.5, 0.6) is 0 Å². The smallest absolute Gasteiger partial charge is 0.236 e. The van der Waals surface area contributed by atoms with Gasteiger partial charge in [0.1, 0.15) is 0 Å². The Balaban J connectivity index is 2.37. The van der Waals surface area contributed by atoms with Crippen LogP contribution >= 0.6 is 0 Å². The van der Waals surface area contributed by atoms with Crippen LogP contribution in [0.3, 0.4) is 0 Å². The quantitative estimate of drug-likeness (QED) is 0.652. The summed E-state index contributed by atoms with van der Waals surface area (Å²) in [5.41, 5.74) is 0. The standard InChI is InChI=1S/C9H19N3O3S/c1-10-7-9(13)12-5-3-8(4-6-12)11-16(2,14)15/h8,10-11H,3-7H2,1-2H3. The average molecular weight is 249 g/mol. The number of nitrogens with zero attached hydrogens (tertiary/aromatic N) is 1. The number of sulfonamides is 1. The van der Waals surface area contributed by atoms with Gasteiger partial charge in [-0.25, -0.2) is 13.1 Å². The first-order chi connectivity index (χ1) is 7.42. The van der Waals surface area contributed by atoms with E-state index in [0.29, 0.717) is 32.5 Å². The fraction of sp³-hybridized carbons (Fsp3) is 0.889. The van der Waals surface area contributed by atoms with Crippen LogP contribution < -0.4 is 10.0 Å². The molecule has 6 nitrogen and oxygen atoms in total. The number of likely N-dealkylation sites (tertiary alicyclic amines) is 1. The molecule has 0 bridgehead atoms. The number of nitrogens with one attached hydrogen (secondary N) is 2. The molecule has 0 radical (unpaired) electrons. The monoisotopic (exact) mass is 249 g/mol. The molecule has 1 fully saturated rings. The van der Waals surface area contributed by atoms with Crippen LogP contribution in [0.15, 0.2) is 0 Å². The van der Waals surface area contributed by atoms with Crippen molar-refractivity contribution in [1.29, 1.82) is 0 Å². The van der Waals surface area contributed by atoms with Gasteiger partial charge in [-0.2, -0.15) is 0 Å². The van der Waals surface area contributed by atoms with E-state index in [4.69, 9.17) is 0 Å². The summed E-state index contributed by atoms with van der Waals surface area (Å²) in [4.78, 5) is 13.3. The number of rotatable bonds is 4. The highest BCUT2D eigenvalue weighted by atomic mass is 32.2. The molecular formula is C9H19N3O3S. The van der Waals surface area contributed by atoms with Crippen molar-refractivity contribution >= 4 is 15.9 Å². The maximum absolute atomic E-state index is 11.5. The Labute approximate surface area is 96.4 Å². The summed E-state index contributed by atoms with van der Waals surface area (Å²) in [6, 6.07) is -0.0337. The van der Waals surface area contributed by atoms with Gasteiger partial charge < -0.3 is 10.2 Å². The van der Waals surface area contributed by atoms with E-state index in [0.717, 1.165) is 6.26 Å². The zero-order valence-corrected chi connectivity index (χ0v) is 10.5. The van der Waals surface area contributed by atoms with Gasteiger partial charge in [-0.1, -0.05) is 0 Å². The Morgan fingerprint density at radius 1 is 1.38 bits per heavy atom. The second kappa shape index (κ2) is 5.60. The van der Waals surface area contributed by atoms with Crippen LogP contribution in [-0.2, 0) is 14.8 Å². The van der Waals surface area contributed by atoms with Crippen molar-refractivity contribution in [1.82, 2.24) is 14.9 Å². The third-order valence-corrected chi connectivity index (χ3v) is 3.32. The minimum Gasteiger partial charge on any atom is -0.341 e. The summed E-state index contributed by atoms with van der Waals surface area (Å²) in [5, 5.41) is 2.81.